The molecule has 0 atom stereocenters. The van der Waals surface area contributed by atoms with Crippen molar-refractivity contribution in [2.45, 2.75) is 12.7 Å². The Bertz CT molecular complexity index is 922. The molecule has 138 valence electrons. The Hall–Kier alpha value is -2.57. The van der Waals surface area contributed by atoms with Crippen LogP contribution in [0.4, 0.5) is 5.69 Å². The number of hydrogen-bond acceptors (Lipinski definition) is 5. The summed E-state index contributed by atoms with van der Waals surface area (Å²) in [4.78, 5) is 20.2. The molecule has 27 heavy (non-hydrogen) atoms. The lowest BCUT2D eigenvalue weighted by molar-refractivity contribution is -0.113. The van der Waals surface area contributed by atoms with Gasteiger partial charge >= 0.3 is 6.01 Å². The van der Waals surface area contributed by atoms with Crippen LogP contribution in [-0.4, -0.2) is 21.6 Å². The molecule has 2 aromatic carbocycles. The molecule has 0 fully saturated rings. The van der Waals surface area contributed by atoms with Crippen LogP contribution in [0.25, 0.3) is 0 Å². The van der Waals surface area contributed by atoms with Crippen LogP contribution in [0.2, 0.25) is 5.02 Å². The first-order chi connectivity index (χ1) is 13.1. The van der Waals surface area contributed by atoms with Crippen molar-refractivity contribution in [2.24, 2.45) is 0 Å². The largest absolute Gasteiger partial charge is 0.424 e. The second kappa shape index (κ2) is 9.39. The summed E-state index contributed by atoms with van der Waals surface area (Å²) in [5, 5.41) is 3.63. The second-order valence-electron chi connectivity index (χ2n) is 5.78. The van der Waals surface area contributed by atoms with Crippen molar-refractivity contribution in [1.29, 1.82) is 0 Å². The topological polar surface area (TPSA) is 64.1 Å². The number of anilines is 1. The summed E-state index contributed by atoms with van der Waals surface area (Å²) in [5.41, 5.74) is 2.75. The number of hydrogen-bond donors (Lipinski definition) is 1. The molecule has 0 aliphatic rings. The van der Waals surface area contributed by atoms with Gasteiger partial charge in [-0.25, -0.2) is 9.97 Å². The molecule has 0 aliphatic carbocycles. The molecule has 0 unspecified atom stereocenters. The number of nitrogens with one attached hydrogen (secondary N) is 1. The van der Waals surface area contributed by atoms with E-state index < -0.39 is 0 Å². The zero-order valence-electron chi connectivity index (χ0n) is 14.7. The lowest BCUT2D eigenvalue weighted by Crippen LogP contribution is -2.15. The number of thioether (sulfide) groups is 1. The number of rotatable bonds is 7. The number of aryl methyl sites for hydroxylation is 1. The van der Waals surface area contributed by atoms with E-state index in [2.05, 4.69) is 15.3 Å². The van der Waals surface area contributed by atoms with E-state index in [0.717, 1.165) is 22.6 Å². The van der Waals surface area contributed by atoms with Crippen molar-refractivity contribution < 1.29 is 9.53 Å². The minimum atomic E-state index is -0.0508. The quantitative estimate of drug-likeness (QED) is 0.598. The highest BCUT2D eigenvalue weighted by Gasteiger charge is 2.08. The van der Waals surface area contributed by atoms with Gasteiger partial charge in [0, 0.05) is 28.9 Å². The van der Waals surface area contributed by atoms with Gasteiger partial charge in [-0.15, -0.1) is 11.8 Å². The average molecular weight is 400 g/mol. The fourth-order valence-corrected chi connectivity index (χ4v) is 3.35. The van der Waals surface area contributed by atoms with Gasteiger partial charge in [0.25, 0.3) is 0 Å². The van der Waals surface area contributed by atoms with Gasteiger partial charge < -0.3 is 10.1 Å². The maximum absolute atomic E-state index is 12.2. The van der Waals surface area contributed by atoms with Gasteiger partial charge in [0.2, 0.25) is 5.91 Å². The summed E-state index contributed by atoms with van der Waals surface area (Å²) >= 11 is 7.51. The summed E-state index contributed by atoms with van der Waals surface area (Å²) < 4.78 is 5.59. The van der Waals surface area contributed by atoms with Crippen LogP contribution in [0.15, 0.2) is 60.9 Å². The van der Waals surface area contributed by atoms with Crippen molar-refractivity contribution in [3.05, 3.63) is 77.1 Å². The molecule has 1 aromatic heterocycles. The molecule has 5 nitrogen and oxygen atoms in total. The molecule has 0 radical (unpaired) electrons. The van der Waals surface area contributed by atoms with Crippen LogP contribution in [0, 0.1) is 6.92 Å². The van der Waals surface area contributed by atoms with Crippen LogP contribution < -0.4 is 10.1 Å². The number of benzene rings is 2. The number of carbonyl (C=O) groups is 1. The first kappa shape index (κ1) is 19.2. The molecular formula is C20H18ClN3O2S. The third kappa shape index (κ3) is 5.98. The molecule has 3 rings (SSSR count). The maximum atomic E-state index is 12.2. The first-order valence-corrected chi connectivity index (χ1v) is 9.81. The van der Waals surface area contributed by atoms with Gasteiger partial charge in [0.15, 0.2) is 0 Å². The van der Waals surface area contributed by atoms with Crippen molar-refractivity contribution in [1.82, 2.24) is 9.97 Å². The van der Waals surface area contributed by atoms with Crippen LogP contribution in [0.3, 0.4) is 0 Å². The highest BCUT2D eigenvalue weighted by molar-refractivity contribution is 7.99. The molecular weight excluding hydrogens is 382 g/mol. The van der Waals surface area contributed by atoms with Gasteiger partial charge in [0.05, 0.1) is 5.75 Å². The summed E-state index contributed by atoms with van der Waals surface area (Å²) in [6, 6.07) is 15.1. The highest BCUT2D eigenvalue weighted by atomic mass is 35.5. The Balaban J connectivity index is 1.51. The molecule has 1 N–H and O–H groups in total. The van der Waals surface area contributed by atoms with Gasteiger partial charge in [0.1, 0.15) is 5.75 Å². The Morgan fingerprint density at radius 3 is 2.70 bits per heavy atom. The van der Waals surface area contributed by atoms with Crippen LogP contribution in [0.1, 0.15) is 11.1 Å². The molecule has 0 saturated heterocycles. The normalized spacial score (nSPS) is 10.4. The monoisotopic (exact) mass is 399 g/mol. The zero-order chi connectivity index (χ0) is 19.1. The molecule has 0 aliphatic heterocycles. The smallest absolute Gasteiger partial charge is 0.321 e. The molecule has 0 bridgehead atoms. The number of halogens is 1. The predicted octanol–water partition coefficient (Wildman–Crippen LogP) is 5.10. The van der Waals surface area contributed by atoms with Crippen LogP contribution >= 0.6 is 23.4 Å². The van der Waals surface area contributed by atoms with E-state index in [1.54, 1.807) is 36.3 Å². The predicted molar refractivity (Wildman–Crippen MR) is 110 cm³/mol. The number of carbonyl (C=O) groups excluding carboxylic acids is 1. The third-order valence-corrected chi connectivity index (χ3v) is 4.85. The van der Waals surface area contributed by atoms with E-state index >= 15 is 0 Å². The molecule has 0 spiro atoms. The van der Waals surface area contributed by atoms with E-state index in [1.165, 1.54) is 0 Å². The fraction of sp³-hybridized carbons (Fsp3) is 0.150. The van der Waals surface area contributed by atoms with Crippen molar-refractivity contribution in [3.63, 3.8) is 0 Å². The number of nitrogens with zero attached hydrogens (tertiary/aromatic N) is 2. The van der Waals surface area contributed by atoms with Gasteiger partial charge in [-0.05, 0) is 54.4 Å². The summed E-state index contributed by atoms with van der Waals surface area (Å²) in [6.07, 6.45) is 3.23. The fourth-order valence-electron chi connectivity index (χ4n) is 2.36. The third-order valence-electron chi connectivity index (χ3n) is 3.61. The van der Waals surface area contributed by atoms with Crippen LogP contribution in [-0.2, 0) is 10.5 Å². The molecule has 0 saturated carbocycles. The van der Waals surface area contributed by atoms with E-state index in [-0.39, 0.29) is 11.9 Å². The molecule has 7 heteroatoms. The second-order valence-corrected chi connectivity index (χ2v) is 7.20. The van der Waals surface area contributed by atoms with Gasteiger partial charge in [-0.3, -0.25) is 4.79 Å². The zero-order valence-corrected chi connectivity index (χ0v) is 16.3. The SMILES string of the molecule is Cc1cc(Oc2ncccn2)ccc1NC(=O)CSCc1cccc(Cl)c1. The van der Waals surface area contributed by atoms with E-state index in [9.17, 15) is 4.79 Å². The van der Waals surface area contributed by atoms with E-state index in [0.29, 0.717) is 16.5 Å². The molecule has 1 amide bonds. The summed E-state index contributed by atoms with van der Waals surface area (Å²) in [6.45, 7) is 1.91. The van der Waals surface area contributed by atoms with Crippen molar-refractivity contribution in [2.75, 3.05) is 11.1 Å². The number of ether oxygens (including phenoxy) is 1. The first-order valence-electron chi connectivity index (χ1n) is 8.28. The summed E-state index contributed by atoms with van der Waals surface area (Å²) in [7, 11) is 0. The lowest BCUT2D eigenvalue weighted by atomic mass is 10.2. The summed E-state index contributed by atoms with van der Waals surface area (Å²) in [5.74, 6) is 1.66. The van der Waals surface area contributed by atoms with Crippen LogP contribution in [0.5, 0.6) is 11.8 Å². The number of aromatic nitrogens is 2. The van der Waals surface area contributed by atoms with Crippen molar-refractivity contribution >= 4 is 35.0 Å². The van der Waals surface area contributed by atoms with E-state index in [4.69, 9.17) is 16.3 Å². The van der Waals surface area contributed by atoms with Gasteiger partial charge in [-0.1, -0.05) is 23.7 Å². The van der Waals surface area contributed by atoms with Gasteiger partial charge in [-0.2, -0.15) is 0 Å². The maximum Gasteiger partial charge on any atom is 0.321 e. The molecule has 3 aromatic rings. The van der Waals surface area contributed by atoms with E-state index in [1.807, 2.05) is 43.3 Å². The average Bonchev–Trinajstić information content (AvgIpc) is 2.65. The number of amides is 1. The minimum Gasteiger partial charge on any atom is -0.424 e. The molecule has 1 heterocycles. The standard InChI is InChI=1S/C20H18ClN3O2S/c1-14-10-17(26-20-22-8-3-9-23-20)6-7-18(14)24-19(25)13-27-12-15-4-2-5-16(21)11-15/h2-11H,12-13H2,1H3,(H,24,25). The Labute approximate surface area is 167 Å². The Kier molecular flexibility index (Phi) is 6.68. The lowest BCUT2D eigenvalue weighted by Gasteiger charge is -2.10. The van der Waals surface area contributed by atoms with Crippen molar-refractivity contribution in [3.8, 4) is 11.8 Å². The highest BCUT2D eigenvalue weighted by Crippen LogP contribution is 2.24. The minimum absolute atomic E-state index is 0.0508. The Morgan fingerprint density at radius 1 is 1.15 bits per heavy atom. The Morgan fingerprint density at radius 2 is 1.96 bits per heavy atom.